The fourth-order valence-electron chi connectivity index (χ4n) is 1.26. The minimum absolute atomic E-state index is 0.148. The van der Waals surface area contributed by atoms with Crippen LogP contribution in [-0.4, -0.2) is 21.3 Å². The Balaban J connectivity index is 2.42. The number of nitrogens with zero attached hydrogens (tertiary/aromatic N) is 2. The molecule has 0 spiro atoms. The Bertz CT molecular complexity index is 285. The first-order valence-corrected chi connectivity index (χ1v) is 6.32. The maximum Gasteiger partial charge on any atom is 0.0815 e. The lowest BCUT2D eigenvalue weighted by atomic mass is 10.2. The molecule has 4 nitrogen and oxygen atoms in total. The van der Waals surface area contributed by atoms with Gasteiger partial charge in [0.05, 0.1) is 11.7 Å². The third-order valence-electron chi connectivity index (χ3n) is 2.03. The fourth-order valence-corrected chi connectivity index (χ4v) is 2.37. The molecule has 1 aromatic rings. The van der Waals surface area contributed by atoms with Crippen LogP contribution in [0.1, 0.15) is 25.6 Å². The van der Waals surface area contributed by atoms with Crippen LogP contribution in [0.5, 0.6) is 0 Å². The van der Waals surface area contributed by atoms with Crippen molar-refractivity contribution in [2.45, 2.75) is 19.9 Å². The monoisotopic (exact) mass is 228 g/mol. The molecule has 0 aliphatic carbocycles. The van der Waals surface area contributed by atoms with E-state index in [2.05, 4.69) is 24.4 Å². The van der Waals surface area contributed by atoms with Crippen molar-refractivity contribution in [3.63, 3.8) is 0 Å². The number of nitrogens with two attached hydrogens (primary N) is 1. The van der Waals surface area contributed by atoms with Crippen LogP contribution in [0.3, 0.4) is 0 Å². The van der Waals surface area contributed by atoms with Crippen molar-refractivity contribution in [3.05, 3.63) is 18.0 Å². The summed E-state index contributed by atoms with van der Waals surface area (Å²) in [7, 11) is 1.92. The number of hydrogen-bond donors (Lipinski definition) is 2. The van der Waals surface area contributed by atoms with Crippen LogP contribution in [-0.2, 0) is 7.05 Å². The summed E-state index contributed by atoms with van der Waals surface area (Å²) in [4.78, 5) is 0. The Morgan fingerprint density at radius 1 is 1.53 bits per heavy atom. The van der Waals surface area contributed by atoms with Crippen molar-refractivity contribution in [2.75, 3.05) is 11.5 Å². The molecule has 0 aromatic carbocycles. The second-order valence-electron chi connectivity index (χ2n) is 4.06. The van der Waals surface area contributed by atoms with E-state index in [4.69, 9.17) is 5.84 Å². The maximum atomic E-state index is 5.52. The van der Waals surface area contributed by atoms with E-state index >= 15 is 0 Å². The van der Waals surface area contributed by atoms with Crippen molar-refractivity contribution in [1.82, 2.24) is 15.2 Å². The molecule has 0 aliphatic rings. The Hall–Kier alpha value is -0.520. The fraction of sp³-hybridized carbons (Fsp3) is 0.700. The standard InChI is InChI=1S/C10H20N4S/c1-8(2)6-15-7-10(12-11)9-4-5-14(3)13-9/h4-5,8,10,12H,6-7,11H2,1-3H3. The average molecular weight is 228 g/mol. The topological polar surface area (TPSA) is 55.9 Å². The Morgan fingerprint density at radius 3 is 2.73 bits per heavy atom. The highest BCUT2D eigenvalue weighted by Gasteiger charge is 2.12. The normalized spacial score (nSPS) is 13.4. The molecule has 3 N–H and O–H groups in total. The lowest BCUT2D eigenvalue weighted by Gasteiger charge is -2.13. The first-order valence-electron chi connectivity index (χ1n) is 5.17. The smallest absolute Gasteiger partial charge is 0.0815 e. The van der Waals surface area contributed by atoms with Crippen LogP contribution in [0.25, 0.3) is 0 Å². The molecule has 0 saturated heterocycles. The second-order valence-corrected chi connectivity index (χ2v) is 5.14. The van der Waals surface area contributed by atoms with Gasteiger partial charge in [0.15, 0.2) is 0 Å². The van der Waals surface area contributed by atoms with Gasteiger partial charge in [0.25, 0.3) is 0 Å². The van der Waals surface area contributed by atoms with Crippen LogP contribution < -0.4 is 11.3 Å². The van der Waals surface area contributed by atoms with Crippen molar-refractivity contribution in [2.24, 2.45) is 18.8 Å². The summed E-state index contributed by atoms with van der Waals surface area (Å²) >= 11 is 1.91. The molecule has 0 aliphatic heterocycles. The van der Waals surface area contributed by atoms with Gasteiger partial charge >= 0.3 is 0 Å². The summed E-state index contributed by atoms with van der Waals surface area (Å²) in [6.07, 6.45) is 1.94. The van der Waals surface area contributed by atoms with Crippen LogP contribution >= 0.6 is 11.8 Å². The SMILES string of the molecule is CC(C)CSCC(NN)c1ccn(C)n1. The number of hydrogen-bond acceptors (Lipinski definition) is 4. The second kappa shape index (κ2) is 6.15. The molecule has 0 fully saturated rings. The molecule has 15 heavy (non-hydrogen) atoms. The molecule has 1 heterocycles. The summed E-state index contributed by atoms with van der Waals surface area (Å²) in [5.74, 6) is 8.36. The van der Waals surface area contributed by atoms with E-state index < -0.39 is 0 Å². The van der Waals surface area contributed by atoms with Crippen LogP contribution in [0, 0.1) is 5.92 Å². The van der Waals surface area contributed by atoms with E-state index in [1.165, 1.54) is 0 Å². The molecule has 1 atom stereocenters. The largest absolute Gasteiger partial charge is 0.275 e. The van der Waals surface area contributed by atoms with Crippen molar-refractivity contribution >= 4 is 11.8 Å². The van der Waals surface area contributed by atoms with Gasteiger partial charge in [-0.2, -0.15) is 16.9 Å². The van der Waals surface area contributed by atoms with E-state index in [0.29, 0.717) is 0 Å². The Kier molecular flexibility index (Phi) is 5.14. The highest BCUT2D eigenvalue weighted by Crippen LogP contribution is 2.17. The summed E-state index contributed by atoms with van der Waals surface area (Å²) < 4.78 is 1.80. The molecule has 5 heteroatoms. The van der Waals surface area contributed by atoms with Gasteiger partial charge in [-0.3, -0.25) is 16.0 Å². The molecular formula is C10H20N4S. The van der Waals surface area contributed by atoms with Gasteiger partial charge in [-0.1, -0.05) is 13.8 Å². The van der Waals surface area contributed by atoms with Crippen molar-refractivity contribution in [3.8, 4) is 0 Å². The number of aryl methyl sites for hydroxylation is 1. The van der Waals surface area contributed by atoms with Gasteiger partial charge in [0.2, 0.25) is 0 Å². The molecule has 86 valence electrons. The lowest BCUT2D eigenvalue weighted by molar-refractivity contribution is 0.580. The minimum Gasteiger partial charge on any atom is -0.275 e. The summed E-state index contributed by atoms with van der Waals surface area (Å²) in [5.41, 5.74) is 3.82. The molecule has 0 radical (unpaired) electrons. The summed E-state index contributed by atoms with van der Waals surface area (Å²) in [6, 6.07) is 2.15. The average Bonchev–Trinajstić information content (AvgIpc) is 2.59. The van der Waals surface area contributed by atoms with E-state index in [1.807, 2.05) is 31.1 Å². The predicted molar refractivity (Wildman–Crippen MR) is 65.4 cm³/mol. The predicted octanol–water partition coefficient (Wildman–Crippen LogP) is 1.31. The quantitative estimate of drug-likeness (QED) is 0.569. The van der Waals surface area contributed by atoms with Gasteiger partial charge < -0.3 is 0 Å². The highest BCUT2D eigenvalue weighted by atomic mass is 32.2. The third kappa shape index (κ3) is 4.24. The van der Waals surface area contributed by atoms with Crippen molar-refractivity contribution in [1.29, 1.82) is 0 Å². The van der Waals surface area contributed by atoms with Gasteiger partial charge in [-0.05, 0) is 17.7 Å². The third-order valence-corrected chi connectivity index (χ3v) is 3.50. The van der Waals surface area contributed by atoms with Crippen LogP contribution in [0.15, 0.2) is 12.3 Å². The Morgan fingerprint density at radius 2 is 2.27 bits per heavy atom. The Labute approximate surface area is 95.6 Å². The minimum atomic E-state index is 0.148. The summed E-state index contributed by atoms with van der Waals surface area (Å²) in [5, 5.41) is 4.34. The van der Waals surface area contributed by atoms with Crippen molar-refractivity contribution < 1.29 is 0 Å². The number of hydrazine groups is 1. The molecule has 0 bridgehead atoms. The van der Waals surface area contributed by atoms with Crippen LogP contribution in [0.2, 0.25) is 0 Å². The first kappa shape index (κ1) is 12.5. The molecule has 1 rings (SSSR count). The highest BCUT2D eigenvalue weighted by molar-refractivity contribution is 7.99. The lowest BCUT2D eigenvalue weighted by Crippen LogP contribution is -2.30. The zero-order chi connectivity index (χ0) is 11.3. The van der Waals surface area contributed by atoms with Crippen LogP contribution in [0.4, 0.5) is 0 Å². The zero-order valence-corrected chi connectivity index (χ0v) is 10.4. The van der Waals surface area contributed by atoms with Gasteiger partial charge in [-0.25, -0.2) is 0 Å². The molecule has 1 aromatic heterocycles. The first-order chi connectivity index (χ1) is 7.13. The number of thioether (sulfide) groups is 1. The maximum absolute atomic E-state index is 5.52. The van der Waals surface area contributed by atoms with E-state index in [-0.39, 0.29) is 6.04 Å². The molecule has 1 unspecified atom stereocenters. The molecule has 0 saturated carbocycles. The van der Waals surface area contributed by atoms with Gasteiger partial charge in [-0.15, -0.1) is 0 Å². The number of rotatable bonds is 6. The van der Waals surface area contributed by atoms with Gasteiger partial charge in [0, 0.05) is 19.0 Å². The summed E-state index contributed by atoms with van der Waals surface area (Å²) in [6.45, 7) is 4.44. The molecule has 0 amide bonds. The van der Waals surface area contributed by atoms with E-state index in [0.717, 1.165) is 23.1 Å². The van der Waals surface area contributed by atoms with E-state index in [1.54, 1.807) is 4.68 Å². The zero-order valence-electron chi connectivity index (χ0n) is 9.60. The van der Waals surface area contributed by atoms with Gasteiger partial charge in [0.1, 0.15) is 0 Å². The number of nitrogens with one attached hydrogen (secondary N) is 1. The number of aromatic nitrogens is 2. The van der Waals surface area contributed by atoms with E-state index in [9.17, 15) is 0 Å². The molecular weight excluding hydrogens is 208 g/mol.